The summed E-state index contributed by atoms with van der Waals surface area (Å²) < 4.78 is 0. The summed E-state index contributed by atoms with van der Waals surface area (Å²) in [4.78, 5) is 0. The molecule has 0 amide bonds. The predicted molar refractivity (Wildman–Crippen MR) is 90.7 cm³/mol. The van der Waals surface area contributed by atoms with Gasteiger partial charge in [-0.25, -0.2) is 0 Å². The summed E-state index contributed by atoms with van der Waals surface area (Å²) in [6, 6.07) is 0. The first-order valence-electron chi connectivity index (χ1n) is 6.15. The Morgan fingerprint density at radius 1 is 0.450 bits per heavy atom. The number of aliphatic hydroxyl groups excluding tert-OH is 4. The van der Waals surface area contributed by atoms with E-state index >= 15 is 0 Å². The van der Waals surface area contributed by atoms with Crippen LogP contribution in [0.4, 0.5) is 0 Å². The van der Waals surface area contributed by atoms with E-state index in [-0.39, 0.29) is 36.7 Å². The first-order valence-corrected chi connectivity index (χ1v) is 6.15. The highest BCUT2D eigenvalue weighted by Gasteiger charge is 1.70. The molecule has 0 fully saturated rings. The Labute approximate surface area is 126 Å². The second-order valence-electron chi connectivity index (χ2n) is 4.37. The quantitative estimate of drug-likeness (QED) is 0.378. The molecule has 0 aromatic heterocycles. The molecule has 0 saturated heterocycles. The molecule has 0 aliphatic rings. The minimum atomic E-state index is -0.167. The van der Waals surface area contributed by atoms with Crippen molar-refractivity contribution in [2.75, 3.05) is 0 Å². The summed E-state index contributed by atoms with van der Waals surface area (Å²) in [5.74, 6) is 0. The van der Waals surface area contributed by atoms with Crippen LogP contribution in [0.25, 0.3) is 0 Å². The highest BCUT2D eigenvalue weighted by atomic mass is 16.3. The molecular weight excluding hydrogens is 260 g/mol. The molecular formula is C14H42N2O4. The van der Waals surface area contributed by atoms with Crippen LogP contribution >= 0.6 is 0 Å². The number of hydrogen-bond donors (Lipinski definition) is 6. The van der Waals surface area contributed by atoms with E-state index < -0.39 is 0 Å². The molecule has 0 bridgehead atoms. The molecule has 20 heavy (non-hydrogen) atoms. The topological polar surface area (TPSA) is 151 Å². The summed E-state index contributed by atoms with van der Waals surface area (Å²) in [5.41, 5.74) is 0. The zero-order chi connectivity index (χ0) is 16.3. The minimum absolute atomic E-state index is 0. The van der Waals surface area contributed by atoms with Gasteiger partial charge < -0.3 is 32.7 Å². The van der Waals surface area contributed by atoms with Gasteiger partial charge >= 0.3 is 0 Å². The number of aliphatic hydroxyl groups is 4. The molecule has 6 nitrogen and oxygen atoms in total. The fraction of sp³-hybridized carbons (Fsp3) is 0.857. The highest BCUT2D eigenvalue weighted by molar-refractivity contribution is 4.22. The van der Waals surface area contributed by atoms with Crippen LogP contribution in [-0.2, 0) is 0 Å². The average Bonchev–Trinajstić information content (AvgIpc) is 2.01. The first kappa shape index (κ1) is 42.7. The van der Waals surface area contributed by atoms with E-state index in [4.69, 9.17) is 20.4 Å². The van der Waals surface area contributed by atoms with Gasteiger partial charge in [-0.05, 0) is 55.4 Å². The second-order valence-corrected chi connectivity index (χ2v) is 4.37. The molecule has 132 valence electrons. The maximum absolute atomic E-state index is 8.06. The normalized spacial score (nSPS) is 7.40. The van der Waals surface area contributed by atoms with Crippen molar-refractivity contribution in [1.29, 1.82) is 0 Å². The molecule has 0 spiro atoms. The average molecular weight is 302 g/mol. The van der Waals surface area contributed by atoms with Gasteiger partial charge in [0.2, 0.25) is 0 Å². The first-order chi connectivity index (χ1) is 7.93. The molecule has 0 heterocycles. The largest absolute Gasteiger partial charge is 0.394 e. The molecule has 0 atom stereocenters. The highest BCUT2D eigenvalue weighted by Crippen LogP contribution is 1.66. The summed E-state index contributed by atoms with van der Waals surface area (Å²) in [6.45, 7) is 19.8. The van der Waals surface area contributed by atoms with Gasteiger partial charge in [0.25, 0.3) is 0 Å². The molecule has 0 unspecified atom stereocenters. The van der Waals surface area contributed by atoms with Crippen LogP contribution < -0.4 is 12.3 Å². The van der Waals surface area contributed by atoms with Crippen molar-refractivity contribution >= 4 is 0 Å². The molecule has 10 N–H and O–H groups in total. The lowest BCUT2D eigenvalue weighted by atomic mass is 10.5. The lowest BCUT2D eigenvalue weighted by Crippen LogP contribution is -1.85. The van der Waals surface area contributed by atoms with Gasteiger partial charge in [-0.3, -0.25) is 0 Å². The summed E-state index contributed by atoms with van der Waals surface area (Å²) in [5, 5.41) is 32.2. The molecule has 0 aliphatic carbocycles. The van der Waals surface area contributed by atoms with Crippen LogP contribution in [0.1, 0.15) is 55.4 Å². The van der Waals surface area contributed by atoms with Crippen LogP contribution in [-0.4, -0.2) is 44.8 Å². The van der Waals surface area contributed by atoms with Crippen molar-refractivity contribution in [2.45, 2.75) is 79.8 Å². The fourth-order valence-electron chi connectivity index (χ4n) is 0. The lowest BCUT2D eigenvalue weighted by molar-refractivity contribution is 0.215. The Kier molecular flexibility index (Phi) is 91.5. The lowest BCUT2D eigenvalue weighted by Gasteiger charge is -1.80. The summed E-state index contributed by atoms with van der Waals surface area (Å²) >= 11 is 0. The zero-order valence-electron chi connectivity index (χ0n) is 14.9. The Bertz CT molecular complexity index is 76.3. The van der Waals surface area contributed by atoms with Gasteiger partial charge in [-0.15, -0.1) is 13.2 Å². The summed E-state index contributed by atoms with van der Waals surface area (Å²) in [6.07, 6.45) is -0.667. The van der Waals surface area contributed by atoms with Gasteiger partial charge in [-0.1, -0.05) is 0 Å². The fourth-order valence-corrected chi connectivity index (χ4v) is 0. The molecule has 0 rings (SSSR count). The van der Waals surface area contributed by atoms with E-state index in [0.717, 1.165) is 0 Å². The second kappa shape index (κ2) is 42.8. The Morgan fingerprint density at radius 3 is 0.450 bits per heavy atom. The van der Waals surface area contributed by atoms with Crippen LogP contribution in [0.5, 0.6) is 0 Å². The van der Waals surface area contributed by atoms with Crippen molar-refractivity contribution < 1.29 is 20.4 Å². The minimum Gasteiger partial charge on any atom is -0.394 e. The van der Waals surface area contributed by atoms with Crippen molar-refractivity contribution in [3.05, 3.63) is 13.2 Å². The molecule has 6 heteroatoms. The van der Waals surface area contributed by atoms with Gasteiger partial charge in [0.15, 0.2) is 0 Å². The number of hydrogen-bond acceptors (Lipinski definition) is 6. The molecule has 0 radical (unpaired) electrons. The van der Waals surface area contributed by atoms with Crippen molar-refractivity contribution in [1.82, 2.24) is 12.3 Å². The van der Waals surface area contributed by atoms with E-state index in [2.05, 4.69) is 13.2 Å². The van der Waals surface area contributed by atoms with Crippen molar-refractivity contribution in [3.63, 3.8) is 0 Å². The van der Waals surface area contributed by atoms with E-state index in [0.29, 0.717) is 0 Å². The van der Waals surface area contributed by atoms with Crippen LogP contribution in [0.3, 0.4) is 0 Å². The van der Waals surface area contributed by atoms with E-state index in [1.54, 1.807) is 55.4 Å². The maximum atomic E-state index is 8.06. The molecule has 0 aliphatic heterocycles. The van der Waals surface area contributed by atoms with Gasteiger partial charge in [0.05, 0.1) is 0 Å². The predicted octanol–water partition coefficient (Wildman–Crippen LogP) is 2.67. The third-order valence-electron chi connectivity index (χ3n) is 0. The van der Waals surface area contributed by atoms with E-state index in [1.165, 1.54) is 0 Å². The van der Waals surface area contributed by atoms with Crippen LogP contribution in [0.2, 0.25) is 0 Å². The summed E-state index contributed by atoms with van der Waals surface area (Å²) in [7, 11) is 0. The van der Waals surface area contributed by atoms with E-state index in [9.17, 15) is 0 Å². The van der Waals surface area contributed by atoms with E-state index in [1.807, 2.05) is 0 Å². The van der Waals surface area contributed by atoms with Crippen LogP contribution in [0, 0.1) is 0 Å². The smallest absolute Gasteiger partial charge is 0.0483 e. The third kappa shape index (κ3) is 19100. The van der Waals surface area contributed by atoms with Gasteiger partial charge in [-0.2, -0.15) is 0 Å². The number of rotatable bonds is 0. The zero-order valence-corrected chi connectivity index (χ0v) is 14.9. The molecule has 0 saturated carbocycles. The SMILES string of the molecule is C=C.CC(C)O.CC(C)O.CC(C)O.CC(C)O.N.N. The third-order valence-corrected chi connectivity index (χ3v) is 0. The Morgan fingerprint density at radius 2 is 0.450 bits per heavy atom. The van der Waals surface area contributed by atoms with Crippen molar-refractivity contribution in [2.24, 2.45) is 0 Å². The maximum Gasteiger partial charge on any atom is 0.0483 e. The monoisotopic (exact) mass is 302 g/mol. The van der Waals surface area contributed by atoms with Crippen LogP contribution in [0.15, 0.2) is 13.2 Å². The van der Waals surface area contributed by atoms with Crippen molar-refractivity contribution in [3.8, 4) is 0 Å². The Balaban J connectivity index is -0.0000000209. The molecule has 0 aromatic rings. The Hall–Kier alpha value is -0.500. The van der Waals surface area contributed by atoms with Gasteiger partial charge in [0, 0.05) is 24.4 Å². The molecule has 0 aromatic carbocycles. The van der Waals surface area contributed by atoms with Gasteiger partial charge in [0.1, 0.15) is 0 Å². The standard InChI is InChI=1S/4C3H8O.C2H4.2H3N/c4*1-3(2)4;1-2;;/h4*3-4H,1-2H3;1-2H2;2*1H3.